The summed E-state index contributed by atoms with van der Waals surface area (Å²) >= 11 is 4.96. The van der Waals surface area contributed by atoms with Crippen LogP contribution in [0.2, 0.25) is 0 Å². The van der Waals surface area contributed by atoms with E-state index in [9.17, 15) is 13.2 Å². The molecule has 0 bridgehead atoms. The highest BCUT2D eigenvalue weighted by atomic mass is 32.1. The average Bonchev–Trinajstić information content (AvgIpc) is 3.18. The van der Waals surface area contributed by atoms with E-state index in [0.29, 0.717) is 23.2 Å². The molecule has 0 radical (unpaired) electrons. The van der Waals surface area contributed by atoms with Crippen LogP contribution in [0.5, 0.6) is 0 Å². The topological polar surface area (TPSA) is 29.3 Å². The zero-order chi connectivity index (χ0) is 15.8. The molecule has 0 spiro atoms. The highest BCUT2D eigenvalue weighted by Crippen LogP contribution is 2.37. The first kappa shape index (κ1) is 16.1. The van der Waals surface area contributed by atoms with E-state index in [1.54, 1.807) is 0 Å². The van der Waals surface area contributed by atoms with Crippen molar-refractivity contribution in [2.45, 2.75) is 38.9 Å². The van der Waals surface area contributed by atoms with Gasteiger partial charge in [0.25, 0.3) is 0 Å². The summed E-state index contributed by atoms with van der Waals surface area (Å²) in [6.07, 6.45) is -2.27. The van der Waals surface area contributed by atoms with Crippen molar-refractivity contribution >= 4 is 22.9 Å². The number of nitrogens with zero attached hydrogens (tertiary/aromatic N) is 1. The third kappa shape index (κ3) is 3.87. The molecule has 0 saturated heterocycles. The van der Waals surface area contributed by atoms with Crippen LogP contribution in [-0.4, -0.2) is 17.6 Å². The lowest BCUT2D eigenvalue weighted by Gasteiger charge is -2.29. The molecule has 1 saturated carbocycles. The lowest BCUT2D eigenvalue weighted by Crippen LogP contribution is -2.32. The van der Waals surface area contributed by atoms with E-state index in [-0.39, 0.29) is 4.99 Å². The van der Waals surface area contributed by atoms with Crippen molar-refractivity contribution in [2.75, 3.05) is 11.4 Å². The molecule has 2 N–H and O–H groups in total. The number of benzene rings is 1. The Morgan fingerprint density at radius 1 is 1.38 bits per heavy atom. The summed E-state index contributed by atoms with van der Waals surface area (Å²) in [4.78, 5) is 2.14. The lowest BCUT2D eigenvalue weighted by molar-refractivity contribution is -0.137. The van der Waals surface area contributed by atoms with E-state index in [2.05, 4.69) is 18.7 Å². The summed E-state index contributed by atoms with van der Waals surface area (Å²) in [5, 5.41) is 0. The minimum atomic E-state index is -4.39. The van der Waals surface area contributed by atoms with Gasteiger partial charge in [0.2, 0.25) is 0 Å². The number of hydrogen-bond donors (Lipinski definition) is 1. The Bertz CT molecular complexity index is 536. The number of thiocarbonyl (C=S) groups is 1. The summed E-state index contributed by atoms with van der Waals surface area (Å²) in [6, 6.07) is 4.05. The molecule has 116 valence electrons. The molecule has 1 aliphatic rings. The molecule has 1 aliphatic carbocycles. The van der Waals surface area contributed by atoms with Crippen molar-refractivity contribution in [3.63, 3.8) is 0 Å². The van der Waals surface area contributed by atoms with E-state index in [4.69, 9.17) is 18.0 Å². The van der Waals surface area contributed by atoms with E-state index < -0.39 is 11.7 Å². The summed E-state index contributed by atoms with van der Waals surface area (Å²) < 4.78 is 38.5. The van der Waals surface area contributed by atoms with Gasteiger partial charge in [0.15, 0.2) is 0 Å². The van der Waals surface area contributed by atoms with Gasteiger partial charge in [0.05, 0.1) is 5.56 Å². The second-order valence-electron chi connectivity index (χ2n) is 5.87. The van der Waals surface area contributed by atoms with Crippen LogP contribution >= 0.6 is 12.2 Å². The van der Waals surface area contributed by atoms with Crippen LogP contribution in [0, 0.1) is 5.92 Å². The first-order valence-electron chi connectivity index (χ1n) is 6.98. The molecule has 2 nitrogen and oxygen atoms in total. The molecule has 1 aromatic rings. The van der Waals surface area contributed by atoms with Crippen LogP contribution in [0.1, 0.15) is 37.8 Å². The van der Waals surface area contributed by atoms with Crippen LogP contribution in [0.4, 0.5) is 18.9 Å². The molecule has 0 heterocycles. The van der Waals surface area contributed by atoms with Crippen molar-refractivity contribution in [2.24, 2.45) is 11.7 Å². The third-order valence-corrected chi connectivity index (χ3v) is 3.67. The minimum Gasteiger partial charge on any atom is -0.389 e. The predicted molar refractivity (Wildman–Crippen MR) is 82.5 cm³/mol. The third-order valence-electron chi connectivity index (χ3n) is 3.45. The Hall–Kier alpha value is -1.30. The fourth-order valence-corrected chi connectivity index (χ4v) is 2.55. The fourth-order valence-electron chi connectivity index (χ4n) is 2.38. The molecule has 0 aliphatic heterocycles. The molecule has 2 rings (SSSR count). The van der Waals surface area contributed by atoms with Crippen LogP contribution in [0.15, 0.2) is 18.2 Å². The van der Waals surface area contributed by atoms with Gasteiger partial charge in [-0.25, -0.2) is 0 Å². The molecule has 0 unspecified atom stereocenters. The van der Waals surface area contributed by atoms with Crippen LogP contribution in [-0.2, 0) is 6.18 Å². The maximum atomic E-state index is 12.8. The molecule has 0 amide bonds. The zero-order valence-corrected chi connectivity index (χ0v) is 12.9. The van der Waals surface area contributed by atoms with Crippen molar-refractivity contribution in [1.82, 2.24) is 0 Å². The van der Waals surface area contributed by atoms with Gasteiger partial charge in [-0.05, 0) is 37.0 Å². The Balaban J connectivity index is 2.44. The van der Waals surface area contributed by atoms with Gasteiger partial charge < -0.3 is 10.6 Å². The second kappa shape index (κ2) is 5.83. The van der Waals surface area contributed by atoms with Crippen molar-refractivity contribution in [3.05, 3.63) is 29.3 Å². The van der Waals surface area contributed by atoms with Crippen LogP contribution in [0.3, 0.4) is 0 Å². The number of anilines is 1. The van der Waals surface area contributed by atoms with Gasteiger partial charge in [0.1, 0.15) is 4.99 Å². The van der Waals surface area contributed by atoms with Crippen molar-refractivity contribution in [3.8, 4) is 0 Å². The summed E-state index contributed by atoms with van der Waals surface area (Å²) in [5.41, 5.74) is 5.97. The molecular weight excluding hydrogens is 297 g/mol. The maximum Gasteiger partial charge on any atom is 0.416 e. The number of hydrogen-bond acceptors (Lipinski definition) is 2. The quantitative estimate of drug-likeness (QED) is 0.834. The molecule has 6 heteroatoms. The van der Waals surface area contributed by atoms with Crippen LogP contribution < -0.4 is 10.6 Å². The second-order valence-corrected chi connectivity index (χ2v) is 6.31. The highest BCUT2D eigenvalue weighted by molar-refractivity contribution is 7.80. The SMILES string of the molecule is CC(C)CN(c1ccc(C(F)(F)F)cc1C(N)=S)C1CC1. The normalized spacial score (nSPS) is 15.3. The van der Waals surface area contributed by atoms with Gasteiger partial charge in [-0.15, -0.1) is 0 Å². The van der Waals surface area contributed by atoms with Gasteiger partial charge in [-0.1, -0.05) is 26.1 Å². The Kier molecular flexibility index (Phi) is 4.46. The van der Waals surface area contributed by atoms with Crippen molar-refractivity contribution < 1.29 is 13.2 Å². The maximum absolute atomic E-state index is 12.8. The average molecular weight is 316 g/mol. The Morgan fingerprint density at radius 2 is 2.00 bits per heavy atom. The lowest BCUT2D eigenvalue weighted by atomic mass is 10.1. The number of nitrogens with two attached hydrogens (primary N) is 1. The first-order chi connectivity index (χ1) is 9.70. The van der Waals surface area contributed by atoms with E-state index >= 15 is 0 Å². The van der Waals surface area contributed by atoms with Gasteiger partial charge in [0, 0.05) is 23.8 Å². The monoisotopic (exact) mass is 316 g/mol. The van der Waals surface area contributed by atoms with Crippen molar-refractivity contribution in [1.29, 1.82) is 0 Å². The van der Waals surface area contributed by atoms with Gasteiger partial charge >= 0.3 is 6.18 Å². The molecular formula is C15H19F3N2S. The zero-order valence-electron chi connectivity index (χ0n) is 12.1. The molecule has 1 aromatic carbocycles. The van der Waals surface area contributed by atoms with E-state index in [1.165, 1.54) is 6.07 Å². The highest BCUT2D eigenvalue weighted by Gasteiger charge is 2.34. The molecule has 1 fully saturated rings. The largest absolute Gasteiger partial charge is 0.416 e. The number of rotatable bonds is 5. The number of alkyl halides is 3. The standard InChI is InChI=1S/C15H19F3N2S/c1-9(2)8-20(11-4-5-11)13-6-3-10(15(16,17)18)7-12(13)14(19)21/h3,6-7,9,11H,4-5,8H2,1-2H3,(H2,19,21). The molecule has 0 aromatic heterocycles. The smallest absolute Gasteiger partial charge is 0.389 e. The fraction of sp³-hybridized carbons (Fsp3) is 0.533. The minimum absolute atomic E-state index is 0.00510. The van der Waals surface area contributed by atoms with Gasteiger partial charge in [-0.3, -0.25) is 0 Å². The molecule has 21 heavy (non-hydrogen) atoms. The van der Waals surface area contributed by atoms with Crippen LogP contribution in [0.25, 0.3) is 0 Å². The van der Waals surface area contributed by atoms with Gasteiger partial charge in [-0.2, -0.15) is 13.2 Å². The van der Waals surface area contributed by atoms with E-state index in [0.717, 1.165) is 31.5 Å². The number of halogens is 3. The summed E-state index contributed by atoms with van der Waals surface area (Å²) in [7, 11) is 0. The summed E-state index contributed by atoms with van der Waals surface area (Å²) in [6.45, 7) is 4.95. The summed E-state index contributed by atoms with van der Waals surface area (Å²) in [5.74, 6) is 0.409. The Morgan fingerprint density at radius 3 is 2.43 bits per heavy atom. The van der Waals surface area contributed by atoms with E-state index in [1.807, 2.05) is 0 Å². The first-order valence-corrected chi connectivity index (χ1v) is 7.38. The predicted octanol–water partition coefficient (Wildman–Crippen LogP) is 3.96. The Labute approximate surface area is 128 Å². The molecule has 0 atom stereocenters.